The first-order valence-corrected chi connectivity index (χ1v) is 7.81. The summed E-state index contributed by atoms with van der Waals surface area (Å²) in [7, 11) is 0. The molecule has 0 fully saturated rings. The van der Waals surface area contributed by atoms with Crippen LogP contribution in [0.3, 0.4) is 0 Å². The van der Waals surface area contributed by atoms with Crippen molar-refractivity contribution in [2.75, 3.05) is 17.3 Å². The average Bonchev–Trinajstić information content (AvgIpc) is 2.38. The summed E-state index contributed by atoms with van der Waals surface area (Å²) in [5.41, 5.74) is -0.299. The molecule has 0 aliphatic heterocycles. The summed E-state index contributed by atoms with van der Waals surface area (Å²) >= 11 is 5.91. The molecule has 0 atom stereocenters. The van der Waals surface area contributed by atoms with Gasteiger partial charge in [0, 0.05) is 36.4 Å². The van der Waals surface area contributed by atoms with Crippen molar-refractivity contribution in [2.24, 2.45) is 0 Å². The topological polar surface area (TPSA) is 38.1 Å². The van der Waals surface area contributed by atoms with Crippen LogP contribution in [0.25, 0.3) is 0 Å². The van der Waals surface area contributed by atoms with Gasteiger partial charge in [-0.3, -0.25) is 4.79 Å². The van der Waals surface area contributed by atoms with Crippen LogP contribution in [0.4, 0.5) is 5.82 Å². The molecule has 5 heteroatoms. The van der Waals surface area contributed by atoms with Crippen LogP contribution < -0.4 is 10.5 Å². The van der Waals surface area contributed by atoms with Gasteiger partial charge in [-0.1, -0.05) is 13.8 Å². The first-order chi connectivity index (χ1) is 9.36. The van der Waals surface area contributed by atoms with Crippen LogP contribution in [-0.2, 0) is 5.54 Å². The number of halogens is 1. The Labute approximate surface area is 126 Å². The molecule has 1 aromatic rings. The molecular weight excluding hydrogens is 274 g/mol. The second kappa shape index (κ2) is 7.11. The minimum Gasteiger partial charge on any atom is -0.348 e. The zero-order chi connectivity index (χ0) is 15.3. The number of alkyl halides is 1. The van der Waals surface area contributed by atoms with E-state index in [-0.39, 0.29) is 11.1 Å². The van der Waals surface area contributed by atoms with Gasteiger partial charge in [-0.05, 0) is 33.6 Å². The summed E-state index contributed by atoms with van der Waals surface area (Å²) < 4.78 is 1.74. The maximum Gasteiger partial charge on any atom is 0.293 e. The fourth-order valence-electron chi connectivity index (χ4n) is 2.41. The molecule has 0 amide bonds. The summed E-state index contributed by atoms with van der Waals surface area (Å²) in [5.74, 6) is 0.999. The van der Waals surface area contributed by atoms with E-state index in [9.17, 15) is 4.79 Å². The summed E-state index contributed by atoms with van der Waals surface area (Å²) in [6, 6.07) is 0.296. The third kappa shape index (κ3) is 3.75. The van der Waals surface area contributed by atoms with Crippen LogP contribution in [0.5, 0.6) is 0 Å². The van der Waals surface area contributed by atoms with Gasteiger partial charge < -0.3 is 9.47 Å². The Morgan fingerprint density at radius 3 is 2.40 bits per heavy atom. The lowest BCUT2D eigenvalue weighted by molar-refractivity contribution is 0.381. The largest absolute Gasteiger partial charge is 0.348 e. The van der Waals surface area contributed by atoms with E-state index >= 15 is 0 Å². The van der Waals surface area contributed by atoms with Crippen molar-refractivity contribution in [3.8, 4) is 0 Å². The van der Waals surface area contributed by atoms with Gasteiger partial charge in [0.1, 0.15) is 0 Å². The number of aromatic nitrogens is 2. The SMILES string of the molecule is CCC(CC)N(CCCl)c1nccn(C(C)(C)C)c1=O. The van der Waals surface area contributed by atoms with Gasteiger partial charge in [0.25, 0.3) is 5.56 Å². The number of anilines is 1. The molecule has 0 unspecified atom stereocenters. The minimum absolute atomic E-state index is 0.0444. The van der Waals surface area contributed by atoms with Crippen molar-refractivity contribution >= 4 is 17.4 Å². The van der Waals surface area contributed by atoms with Crippen LogP contribution in [-0.4, -0.2) is 28.0 Å². The van der Waals surface area contributed by atoms with Gasteiger partial charge in [-0.25, -0.2) is 4.98 Å². The van der Waals surface area contributed by atoms with Gasteiger partial charge in [0.2, 0.25) is 0 Å². The molecule has 1 heterocycles. The number of hydrogen-bond donors (Lipinski definition) is 0. The van der Waals surface area contributed by atoms with E-state index in [4.69, 9.17) is 11.6 Å². The predicted molar refractivity (Wildman–Crippen MR) is 85.9 cm³/mol. The summed E-state index contributed by atoms with van der Waals surface area (Å²) in [4.78, 5) is 19.1. The number of rotatable bonds is 6. The zero-order valence-corrected chi connectivity index (χ0v) is 13.9. The first-order valence-electron chi connectivity index (χ1n) is 7.27. The normalized spacial score (nSPS) is 11.9. The van der Waals surface area contributed by atoms with Crippen LogP contribution in [0.1, 0.15) is 47.5 Å². The molecule has 0 aromatic carbocycles. The van der Waals surface area contributed by atoms with Crippen molar-refractivity contribution in [2.45, 2.75) is 59.0 Å². The molecule has 0 saturated heterocycles. The summed E-state index contributed by atoms with van der Waals surface area (Å²) in [5, 5.41) is 0. The Hall–Kier alpha value is -1.03. The highest BCUT2D eigenvalue weighted by atomic mass is 35.5. The molecule has 0 N–H and O–H groups in total. The highest BCUT2D eigenvalue weighted by Crippen LogP contribution is 2.17. The number of hydrogen-bond acceptors (Lipinski definition) is 3. The summed E-state index contributed by atoms with van der Waals surface area (Å²) in [6.45, 7) is 10.9. The van der Waals surface area contributed by atoms with Crippen molar-refractivity contribution in [1.29, 1.82) is 0 Å². The van der Waals surface area contributed by atoms with Crippen LogP contribution >= 0.6 is 11.6 Å². The lowest BCUT2D eigenvalue weighted by Crippen LogP contribution is -2.43. The monoisotopic (exact) mass is 299 g/mol. The first kappa shape index (κ1) is 17.0. The smallest absolute Gasteiger partial charge is 0.293 e. The Morgan fingerprint density at radius 2 is 1.95 bits per heavy atom. The molecule has 0 aliphatic rings. The molecule has 114 valence electrons. The van der Waals surface area contributed by atoms with Crippen LogP contribution in [0, 0.1) is 0 Å². The Balaban J connectivity index is 3.31. The molecule has 0 saturated carbocycles. The van der Waals surface area contributed by atoms with Crippen molar-refractivity contribution < 1.29 is 0 Å². The third-order valence-electron chi connectivity index (χ3n) is 3.53. The van der Waals surface area contributed by atoms with E-state index in [1.54, 1.807) is 17.0 Å². The van der Waals surface area contributed by atoms with E-state index in [0.717, 1.165) is 12.8 Å². The van der Waals surface area contributed by atoms with Crippen molar-refractivity contribution in [3.05, 3.63) is 22.7 Å². The fourth-order valence-corrected chi connectivity index (χ4v) is 2.59. The second-order valence-corrected chi connectivity index (χ2v) is 6.33. The predicted octanol–water partition coefficient (Wildman–Crippen LogP) is 3.23. The molecule has 1 aromatic heterocycles. The van der Waals surface area contributed by atoms with E-state index in [0.29, 0.717) is 24.3 Å². The highest BCUT2D eigenvalue weighted by molar-refractivity contribution is 6.18. The van der Waals surface area contributed by atoms with Gasteiger partial charge in [0.15, 0.2) is 5.82 Å². The molecule has 0 bridgehead atoms. The van der Waals surface area contributed by atoms with Crippen molar-refractivity contribution in [1.82, 2.24) is 9.55 Å². The molecule has 0 radical (unpaired) electrons. The Morgan fingerprint density at radius 1 is 1.35 bits per heavy atom. The summed E-state index contributed by atoms with van der Waals surface area (Å²) in [6.07, 6.45) is 5.39. The van der Waals surface area contributed by atoms with E-state index in [2.05, 4.69) is 23.7 Å². The minimum atomic E-state index is -0.255. The van der Waals surface area contributed by atoms with E-state index in [1.165, 1.54) is 0 Å². The van der Waals surface area contributed by atoms with Gasteiger partial charge in [-0.2, -0.15) is 0 Å². The van der Waals surface area contributed by atoms with Crippen LogP contribution in [0.2, 0.25) is 0 Å². The molecule has 0 spiro atoms. The van der Waals surface area contributed by atoms with Gasteiger partial charge in [0.05, 0.1) is 0 Å². The van der Waals surface area contributed by atoms with Gasteiger partial charge in [-0.15, -0.1) is 11.6 Å². The fraction of sp³-hybridized carbons (Fsp3) is 0.733. The maximum atomic E-state index is 12.7. The standard InChI is InChI=1S/C15H26ClN3O/c1-6-12(7-2)18(10-8-16)13-14(20)19(11-9-17-13)15(3,4)5/h9,11-12H,6-8,10H2,1-5H3. The van der Waals surface area contributed by atoms with E-state index in [1.807, 2.05) is 20.8 Å². The molecule has 0 aliphatic carbocycles. The van der Waals surface area contributed by atoms with Crippen molar-refractivity contribution in [3.63, 3.8) is 0 Å². The second-order valence-electron chi connectivity index (χ2n) is 5.95. The zero-order valence-electron chi connectivity index (χ0n) is 13.2. The van der Waals surface area contributed by atoms with Crippen LogP contribution in [0.15, 0.2) is 17.2 Å². The number of nitrogens with zero attached hydrogens (tertiary/aromatic N) is 3. The quantitative estimate of drug-likeness (QED) is 0.757. The molecule has 20 heavy (non-hydrogen) atoms. The average molecular weight is 300 g/mol. The van der Waals surface area contributed by atoms with Gasteiger partial charge >= 0.3 is 0 Å². The molecular formula is C15H26ClN3O. The highest BCUT2D eigenvalue weighted by Gasteiger charge is 2.23. The third-order valence-corrected chi connectivity index (χ3v) is 3.70. The maximum absolute atomic E-state index is 12.7. The Kier molecular flexibility index (Phi) is 6.06. The lowest BCUT2D eigenvalue weighted by atomic mass is 10.1. The lowest BCUT2D eigenvalue weighted by Gasteiger charge is -2.32. The molecule has 4 nitrogen and oxygen atoms in total. The Bertz CT molecular complexity index is 475. The van der Waals surface area contributed by atoms with E-state index < -0.39 is 0 Å². The molecule has 1 rings (SSSR count).